The summed E-state index contributed by atoms with van der Waals surface area (Å²) in [6, 6.07) is 22.5. The number of amides is 3. The van der Waals surface area contributed by atoms with E-state index in [0.29, 0.717) is 18.5 Å². The van der Waals surface area contributed by atoms with Gasteiger partial charge in [-0.3, -0.25) is 19.3 Å². The lowest BCUT2D eigenvalue weighted by atomic mass is 9.55. The molecule has 2 bridgehead atoms. The molecular formula is C34H34N2O5. The number of aryl methyl sites for hydroxylation is 1. The predicted molar refractivity (Wildman–Crippen MR) is 154 cm³/mol. The molecule has 1 saturated heterocycles. The third kappa shape index (κ3) is 4.53. The summed E-state index contributed by atoms with van der Waals surface area (Å²) in [5.41, 5.74) is 6.07. The van der Waals surface area contributed by atoms with Crippen LogP contribution >= 0.6 is 0 Å². The first-order chi connectivity index (χ1) is 19.9. The van der Waals surface area contributed by atoms with E-state index in [4.69, 9.17) is 4.74 Å². The van der Waals surface area contributed by atoms with Crippen LogP contribution in [0.15, 0.2) is 72.8 Å². The van der Waals surface area contributed by atoms with Crippen molar-refractivity contribution >= 4 is 29.4 Å². The number of unbranched alkanes of at least 4 members (excludes halogenated alkanes) is 1. The van der Waals surface area contributed by atoms with E-state index in [-0.39, 0.29) is 23.7 Å². The number of hydrogen-bond acceptors (Lipinski definition) is 5. The number of carbonyl (C=O) groups excluding carboxylic acids is 4. The molecule has 7 rings (SSSR count). The zero-order chi connectivity index (χ0) is 28.7. The number of ether oxygens (including phenoxy) is 1. The van der Waals surface area contributed by atoms with Crippen LogP contribution < -0.4 is 5.32 Å². The van der Waals surface area contributed by atoms with Crippen molar-refractivity contribution in [2.24, 2.45) is 11.8 Å². The highest BCUT2D eigenvalue weighted by atomic mass is 16.5. The van der Waals surface area contributed by atoms with E-state index in [9.17, 15) is 19.2 Å². The van der Waals surface area contributed by atoms with Gasteiger partial charge in [-0.1, -0.05) is 87.4 Å². The van der Waals surface area contributed by atoms with Crippen molar-refractivity contribution in [3.63, 3.8) is 0 Å². The number of benzene rings is 3. The summed E-state index contributed by atoms with van der Waals surface area (Å²) in [6.07, 6.45) is 2.60. The van der Waals surface area contributed by atoms with Gasteiger partial charge in [0.2, 0.25) is 11.8 Å². The molecule has 1 fully saturated rings. The van der Waals surface area contributed by atoms with E-state index < -0.39 is 36.4 Å². The molecule has 7 nitrogen and oxygen atoms in total. The van der Waals surface area contributed by atoms with Crippen LogP contribution in [-0.4, -0.2) is 41.2 Å². The number of imide groups is 1. The standard InChI is InChI=1S/C34H34N2O5/c1-3-5-14-26(34(40)41-19-27(37)35-21-17-15-20(4-2)16-18-21)36-32(38)30-28-22-10-6-7-11-23(22)29(31(30)33(36)39)25-13-9-8-12-24(25)28/h6-13,15-18,26,28-31H,3-5,14,19H2,1-2H3,(H,35,37)/t26-,28?,29?,30-,31+/m1/s1. The van der Waals surface area contributed by atoms with E-state index >= 15 is 0 Å². The molecule has 0 aromatic heterocycles. The highest BCUT2D eigenvalue weighted by Gasteiger charge is 2.63. The molecule has 0 radical (unpaired) electrons. The molecule has 3 aromatic carbocycles. The van der Waals surface area contributed by atoms with Crippen LogP contribution in [0.2, 0.25) is 0 Å². The Bertz CT molecular complexity index is 1400. The van der Waals surface area contributed by atoms with Gasteiger partial charge in [0.25, 0.3) is 5.91 Å². The van der Waals surface area contributed by atoms with Gasteiger partial charge >= 0.3 is 5.97 Å². The van der Waals surface area contributed by atoms with Gasteiger partial charge < -0.3 is 10.1 Å². The zero-order valence-electron chi connectivity index (χ0n) is 23.3. The van der Waals surface area contributed by atoms with Gasteiger partial charge in [-0.25, -0.2) is 4.79 Å². The molecule has 7 heteroatoms. The first-order valence-electron chi connectivity index (χ1n) is 14.5. The van der Waals surface area contributed by atoms with E-state index in [0.717, 1.165) is 40.7 Å². The van der Waals surface area contributed by atoms with Gasteiger partial charge in [-0.2, -0.15) is 0 Å². The Kier molecular flexibility index (Phi) is 7.20. The van der Waals surface area contributed by atoms with Crippen LogP contribution in [0.3, 0.4) is 0 Å². The minimum Gasteiger partial charge on any atom is -0.454 e. The Balaban J connectivity index is 1.24. The minimum atomic E-state index is -1.07. The van der Waals surface area contributed by atoms with Gasteiger partial charge in [0.05, 0.1) is 11.8 Å². The molecule has 1 aliphatic heterocycles. The molecular weight excluding hydrogens is 516 g/mol. The molecule has 3 aromatic rings. The van der Waals surface area contributed by atoms with Gasteiger partial charge in [0, 0.05) is 17.5 Å². The fraction of sp³-hybridized carbons (Fsp3) is 0.353. The topological polar surface area (TPSA) is 92.8 Å². The van der Waals surface area contributed by atoms with Gasteiger partial charge in [-0.05, 0) is 52.8 Å². The molecule has 210 valence electrons. The van der Waals surface area contributed by atoms with Gasteiger partial charge in [0.1, 0.15) is 6.04 Å². The fourth-order valence-electron chi connectivity index (χ4n) is 7.01. The van der Waals surface area contributed by atoms with E-state index in [2.05, 4.69) is 36.5 Å². The van der Waals surface area contributed by atoms with Crippen molar-refractivity contribution in [2.45, 2.75) is 57.4 Å². The zero-order valence-corrected chi connectivity index (χ0v) is 23.3. The fourth-order valence-corrected chi connectivity index (χ4v) is 7.01. The van der Waals surface area contributed by atoms with Crippen molar-refractivity contribution < 1.29 is 23.9 Å². The van der Waals surface area contributed by atoms with Crippen molar-refractivity contribution in [3.05, 3.63) is 101 Å². The summed E-state index contributed by atoms with van der Waals surface area (Å²) in [4.78, 5) is 55.4. The normalized spacial score (nSPS) is 22.5. The molecule has 0 spiro atoms. The largest absolute Gasteiger partial charge is 0.454 e. The Morgan fingerprint density at radius 2 is 1.32 bits per heavy atom. The maximum absolute atomic E-state index is 14.1. The number of carbonyl (C=O) groups is 4. The smallest absolute Gasteiger partial charge is 0.329 e. The highest BCUT2D eigenvalue weighted by Crippen LogP contribution is 2.61. The monoisotopic (exact) mass is 550 g/mol. The second-order valence-corrected chi connectivity index (χ2v) is 11.2. The number of nitrogens with zero attached hydrogens (tertiary/aromatic N) is 1. The molecule has 0 unspecified atom stereocenters. The number of esters is 1. The lowest BCUT2D eigenvalue weighted by Gasteiger charge is -2.45. The molecule has 0 saturated carbocycles. The summed E-state index contributed by atoms with van der Waals surface area (Å²) in [7, 11) is 0. The number of rotatable bonds is 9. The van der Waals surface area contributed by atoms with Crippen LogP contribution in [0.4, 0.5) is 5.69 Å². The second-order valence-electron chi connectivity index (χ2n) is 11.2. The molecule has 1 heterocycles. The Morgan fingerprint density at radius 1 is 0.805 bits per heavy atom. The number of anilines is 1. The molecule has 3 aliphatic carbocycles. The second kappa shape index (κ2) is 11.0. The van der Waals surface area contributed by atoms with Crippen LogP contribution in [0.25, 0.3) is 0 Å². The molecule has 41 heavy (non-hydrogen) atoms. The number of hydrogen-bond donors (Lipinski definition) is 1. The predicted octanol–water partition coefficient (Wildman–Crippen LogP) is 5.18. The Labute approximate surface area is 239 Å². The Hall–Kier alpha value is -4.26. The molecule has 4 aliphatic rings. The molecule has 3 amide bonds. The minimum absolute atomic E-state index is 0.244. The van der Waals surface area contributed by atoms with Crippen molar-refractivity contribution in [2.75, 3.05) is 11.9 Å². The third-order valence-corrected chi connectivity index (χ3v) is 8.89. The average molecular weight is 551 g/mol. The Morgan fingerprint density at radius 3 is 1.78 bits per heavy atom. The average Bonchev–Trinajstić information content (AvgIpc) is 3.26. The first-order valence-corrected chi connectivity index (χ1v) is 14.5. The number of likely N-dealkylation sites (tertiary alicyclic amines) is 1. The number of nitrogens with one attached hydrogen (secondary N) is 1. The van der Waals surface area contributed by atoms with Crippen LogP contribution in [-0.2, 0) is 30.3 Å². The van der Waals surface area contributed by atoms with Crippen molar-refractivity contribution in [1.29, 1.82) is 0 Å². The lowest BCUT2D eigenvalue weighted by molar-refractivity contribution is -0.160. The van der Waals surface area contributed by atoms with Gasteiger partial charge in [-0.15, -0.1) is 0 Å². The maximum Gasteiger partial charge on any atom is 0.329 e. The third-order valence-electron chi connectivity index (χ3n) is 8.89. The van der Waals surface area contributed by atoms with Crippen LogP contribution in [0, 0.1) is 11.8 Å². The van der Waals surface area contributed by atoms with Crippen LogP contribution in [0.5, 0.6) is 0 Å². The first kappa shape index (κ1) is 26.9. The van der Waals surface area contributed by atoms with E-state index in [1.165, 1.54) is 4.90 Å². The summed E-state index contributed by atoms with van der Waals surface area (Å²) >= 11 is 0. The van der Waals surface area contributed by atoms with E-state index in [1.54, 1.807) is 12.1 Å². The molecule has 1 N–H and O–H groups in total. The summed E-state index contributed by atoms with van der Waals surface area (Å²) in [5, 5.41) is 2.73. The maximum atomic E-state index is 14.1. The summed E-state index contributed by atoms with van der Waals surface area (Å²) in [5.74, 6) is -3.47. The summed E-state index contributed by atoms with van der Waals surface area (Å²) < 4.78 is 5.44. The summed E-state index contributed by atoms with van der Waals surface area (Å²) in [6.45, 7) is 3.54. The highest BCUT2D eigenvalue weighted by molar-refractivity contribution is 6.10. The molecule has 3 atom stereocenters. The quantitative estimate of drug-likeness (QED) is 0.293. The van der Waals surface area contributed by atoms with E-state index in [1.807, 2.05) is 43.3 Å². The SMILES string of the molecule is CCCC[C@H](C(=O)OCC(=O)Nc1ccc(CC)cc1)N1C(=O)[C@@H]2C3c4ccccc4C(c4ccccc43)[C@@H]2C1=O. The van der Waals surface area contributed by atoms with Crippen molar-refractivity contribution in [1.82, 2.24) is 4.90 Å². The lowest BCUT2D eigenvalue weighted by Crippen LogP contribution is -2.47. The van der Waals surface area contributed by atoms with Crippen molar-refractivity contribution in [3.8, 4) is 0 Å². The van der Waals surface area contributed by atoms with Gasteiger partial charge in [0.15, 0.2) is 6.61 Å². The van der Waals surface area contributed by atoms with Crippen LogP contribution in [0.1, 0.15) is 72.8 Å².